The molecule has 1 aliphatic rings. The van der Waals surface area contributed by atoms with Crippen LogP contribution < -0.4 is 5.32 Å². The highest BCUT2D eigenvalue weighted by atomic mass is 32.2. The lowest BCUT2D eigenvalue weighted by Crippen LogP contribution is -2.15. The Morgan fingerprint density at radius 3 is 2.50 bits per heavy atom. The molecule has 1 N–H and O–H groups in total. The van der Waals surface area contributed by atoms with Gasteiger partial charge < -0.3 is 5.32 Å². The van der Waals surface area contributed by atoms with Gasteiger partial charge in [0.2, 0.25) is 5.91 Å². The van der Waals surface area contributed by atoms with Gasteiger partial charge in [0.1, 0.15) is 0 Å². The lowest BCUT2D eigenvalue weighted by atomic mass is 10.2. The van der Waals surface area contributed by atoms with E-state index in [1.165, 1.54) is 6.07 Å². The average Bonchev–Trinajstić information content (AvgIpc) is 2.97. The van der Waals surface area contributed by atoms with E-state index >= 15 is 0 Å². The van der Waals surface area contributed by atoms with Crippen molar-refractivity contribution in [2.45, 2.75) is 25.2 Å². The molecule has 0 aromatic heterocycles. The van der Waals surface area contributed by atoms with Gasteiger partial charge in [-0.25, -0.2) is 8.42 Å². The van der Waals surface area contributed by atoms with Crippen molar-refractivity contribution in [1.82, 2.24) is 0 Å². The molecule has 1 amide bonds. The molecule has 98 valence electrons. The van der Waals surface area contributed by atoms with Crippen LogP contribution in [0.4, 0.5) is 5.69 Å². The van der Waals surface area contributed by atoms with Crippen LogP contribution in [0.15, 0.2) is 23.1 Å². The van der Waals surface area contributed by atoms with Gasteiger partial charge in [-0.2, -0.15) is 0 Å². The van der Waals surface area contributed by atoms with E-state index in [0.29, 0.717) is 11.6 Å². The number of hydrogen-bond acceptors (Lipinski definition) is 3. The topological polar surface area (TPSA) is 63.2 Å². The summed E-state index contributed by atoms with van der Waals surface area (Å²) in [4.78, 5) is 12.1. The smallest absolute Gasteiger partial charge is 0.227 e. The van der Waals surface area contributed by atoms with Crippen molar-refractivity contribution in [2.24, 2.45) is 11.8 Å². The Balaban J connectivity index is 2.24. The van der Waals surface area contributed by atoms with Gasteiger partial charge in [-0.3, -0.25) is 4.79 Å². The third kappa shape index (κ3) is 2.72. The summed E-state index contributed by atoms with van der Waals surface area (Å²) in [7, 11) is -3.24. The summed E-state index contributed by atoms with van der Waals surface area (Å²) in [6.45, 7) is 3.88. The summed E-state index contributed by atoms with van der Waals surface area (Å²) in [6, 6.07) is 4.79. The molecule has 0 bridgehead atoms. The monoisotopic (exact) mass is 267 g/mol. The molecule has 18 heavy (non-hydrogen) atoms. The fourth-order valence-electron chi connectivity index (χ4n) is 1.88. The van der Waals surface area contributed by atoms with E-state index < -0.39 is 9.84 Å². The fourth-order valence-corrected chi connectivity index (χ4v) is 2.53. The molecule has 5 heteroatoms. The highest BCUT2D eigenvalue weighted by molar-refractivity contribution is 7.90. The third-order valence-corrected chi connectivity index (χ3v) is 4.45. The summed E-state index contributed by atoms with van der Waals surface area (Å²) in [5.74, 6) is 0.492. The number of sulfone groups is 1. The van der Waals surface area contributed by atoms with Crippen LogP contribution >= 0.6 is 0 Å². The van der Waals surface area contributed by atoms with Crippen molar-refractivity contribution >= 4 is 21.4 Å². The minimum absolute atomic E-state index is 0.0174. The standard InChI is InChI=1S/C13H17NO3S/c1-8-4-5-10(18(3,16)17)7-12(8)14-13(15)11-6-9(11)2/h4-5,7,9,11H,6H2,1-3H3,(H,14,15)/t9-,11+/m1/s1. The Bertz CT molecular complexity index is 592. The molecular formula is C13H17NO3S. The van der Waals surface area contributed by atoms with E-state index in [0.717, 1.165) is 18.2 Å². The lowest BCUT2D eigenvalue weighted by Gasteiger charge is -2.09. The van der Waals surface area contributed by atoms with Crippen LogP contribution in [0.3, 0.4) is 0 Å². The number of aryl methyl sites for hydroxylation is 1. The zero-order chi connectivity index (χ0) is 13.5. The Morgan fingerprint density at radius 2 is 2.00 bits per heavy atom. The number of benzene rings is 1. The zero-order valence-corrected chi connectivity index (χ0v) is 11.5. The third-order valence-electron chi connectivity index (χ3n) is 3.34. The van der Waals surface area contributed by atoms with E-state index in [2.05, 4.69) is 5.32 Å². The van der Waals surface area contributed by atoms with Gasteiger partial charge in [-0.05, 0) is 37.0 Å². The van der Waals surface area contributed by atoms with Crippen LogP contribution in [0, 0.1) is 18.8 Å². The molecule has 0 saturated heterocycles. The van der Waals surface area contributed by atoms with Crippen LogP contribution in [0.25, 0.3) is 0 Å². The molecule has 1 aromatic carbocycles. The summed E-state index contributed by atoms with van der Waals surface area (Å²) < 4.78 is 22.9. The van der Waals surface area contributed by atoms with Gasteiger partial charge in [-0.15, -0.1) is 0 Å². The predicted octanol–water partition coefficient (Wildman–Crippen LogP) is 1.99. The Morgan fingerprint density at radius 1 is 1.39 bits per heavy atom. The highest BCUT2D eigenvalue weighted by Gasteiger charge is 2.39. The van der Waals surface area contributed by atoms with Crippen molar-refractivity contribution in [3.63, 3.8) is 0 Å². The molecule has 1 aliphatic carbocycles. The van der Waals surface area contributed by atoms with E-state index in [4.69, 9.17) is 0 Å². The van der Waals surface area contributed by atoms with Crippen molar-refractivity contribution < 1.29 is 13.2 Å². The summed E-state index contributed by atoms with van der Waals surface area (Å²) in [5, 5.41) is 2.81. The molecule has 1 saturated carbocycles. The molecule has 2 rings (SSSR count). The Hall–Kier alpha value is -1.36. The average molecular weight is 267 g/mol. The Kier molecular flexibility index (Phi) is 3.19. The van der Waals surface area contributed by atoms with Crippen LogP contribution in [0.1, 0.15) is 18.9 Å². The minimum Gasteiger partial charge on any atom is -0.326 e. The van der Waals surface area contributed by atoms with Gasteiger partial charge >= 0.3 is 0 Å². The first-order valence-corrected chi connectivity index (χ1v) is 7.80. The first kappa shape index (κ1) is 13.1. The van der Waals surface area contributed by atoms with Gasteiger partial charge in [0.25, 0.3) is 0 Å². The maximum Gasteiger partial charge on any atom is 0.227 e. The van der Waals surface area contributed by atoms with E-state index in [9.17, 15) is 13.2 Å². The SMILES string of the molecule is Cc1ccc(S(C)(=O)=O)cc1NC(=O)[C@H]1C[C@H]1C. The van der Waals surface area contributed by atoms with Gasteiger partial charge in [0.15, 0.2) is 9.84 Å². The minimum atomic E-state index is -3.24. The lowest BCUT2D eigenvalue weighted by molar-refractivity contribution is -0.117. The molecule has 0 unspecified atom stereocenters. The second-order valence-electron chi connectivity index (χ2n) is 5.06. The van der Waals surface area contributed by atoms with Crippen LogP contribution in [0.2, 0.25) is 0 Å². The van der Waals surface area contributed by atoms with Crippen LogP contribution in [-0.2, 0) is 14.6 Å². The largest absolute Gasteiger partial charge is 0.326 e. The van der Waals surface area contributed by atoms with Gasteiger partial charge in [0.05, 0.1) is 4.90 Å². The normalized spacial score (nSPS) is 22.6. The van der Waals surface area contributed by atoms with Gasteiger partial charge in [-0.1, -0.05) is 13.0 Å². The molecule has 0 radical (unpaired) electrons. The van der Waals surface area contributed by atoms with Crippen LogP contribution in [-0.4, -0.2) is 20.6 Å². The summed E-state index contributed by atoms with van der Waals surface area (Å²) in [6.07, 6.45) is 2.07. The Labute approximate surface area is 107 Å². The maximum atomic E-state index is 11.8. The molecule has 0 spiro atoms. The molecule has 4 nitrogen and oxygen atoms in total. The number of amides is 1. The summed E-state index contributed by atoms with van der Waals surface area (Å²) >= 11 is 0. The second kappa shape index (κ2) is 4.39. The molecular weight excluding hydrogens is 250 g/mol. The quantitative estimate of drug-likeness (QED) is 0.911. The number of nitrogens with one attached hydrogen (secondary N) is 1. The van der Waals surface area contributed by atoms with Crippen molar-refractivity contribution in [2.75, 3.05) is 11.6 Å². The van der Waals surface area contributed by atoms with Gasteiger partial charge in [0, 0.05) is 17.9 Å². The molecule has 2 atom stereocenters. The van der Waals surface area contributed by atoms with Crippen molar-refractivity contribution in [1.29, 1.82) is 0 Å². The van der Waals surface area contributed by atoms with E-state index in [-0.39, 0.29) is 16.7 Å². The fraction of sp³-hybridized carbons (Fsp3) is 0.462. The van der Waals surface area contributed by atoms with E-state index in [1.54, 1.807) is 12.1 Å². The second-order valence-corrected chi connectivity index (χ2v) is 7.07. The number of rotatable bonds is 3. The molecule has 0 heterocycles. The van der Waals surface area contributed by atoms with Crippen molar-refractivity contribution in [3.05, 3.63) is 23.8 Å². The van der Waals surface area contributed by atoms with Crippen LogP contribution in [0.5, 0.6) is 0 Å². The first-order valence-electron chi connectivity index (χ1n) is 5.90. The van der Waals surface area contributed by atoms with Crippen molar-refractivity contribution in [3.8, 4) is 0 Å². The molecule has 1 fully saturated rings. The number of carbonyl (C=O) groups excluding carboxylic acids is 1. The number of anilines is 1. The highest BCUT2D eigenvalue weighted by Crippen LogP contribution is 2.38. The number of carbonyl (C=O) groups is 1. The first-order chi connectivity index (χ1) is 8.29. The van der Waals surface area contributed by atoms with E-state index in [1.807, 2.05) is 13.8 Å². The maximum absolute atomic E-state index is 11.8. The number of hydrogen-bond donors (Lipinski definition) is 1. The summed E-state index contributed by atoms with van der Waals surface area (Å²) in [5.41, 5.74) is 1.45. The molecule has 0 aliphatic heterocycles. The predicted molar refractivity (Wildman–Crippen MR) is 70.2 cm³/mol. The zero-order valence-electron chi connectivity index (χ0n) is 10.7. The molecule has 1 aromatic rings.